The van der Waals surface area contributed by atoms with Crippen LogP contribution in [0.5, 0.6) is 0 Å². The normalized spacial score (nSPS) is 12.0. The number of rotatable bonds is 3. The summed E-state index contributed by atoms with van der Waals surface area (Å²) in [4.78, 5) is 10.3. The van der Waals surface area contributed by atoms with Gasteiger partial charge in [-0.25, -0.2) is 9.97 Å². The minimum atomic E-state index is 0.890. The number of pyridine rings is 2. The highest BCUT2D eigenvalue weighted by molar-refractivity contribution is 6.24. The van der Waals surface area contributed by atoms with Crippen molar-refractivity contribution in [2.24, 2.45) is 0 Å². The van der Waals surface area contributed by atoms with Crippen molar-refractivity contribution in [1.82, 2.24) is 14.4 Å². The Hall–Kier alpha value is -6.78. The number of imidazole rings is 1. The molecule has 0 amide bonds. The average molecular weight is 638 g/mol. The van der Waals surface area contributed by atoms with Gasteiger partial charge in [0.1, 0.15) is 22.3 Å². The third-order valence-electron chi connectivity index (χ3n) is 10.1. The molecule has 4 nitrogen and oxygen atoms in total. The second-order valence-electron chi connectivity index (χ2n) is 13.0. The minimum absolute atomic E-state index is 0.890. The van der Waals surface area contributed by atoms with Gasteiger partial charge in [-0.1, -0.05) is 115 Å². The van der Waals surface area contributed by atoms with Crippen molar-refractivity contribution >= 4 is 71.1 Å². The standard InChI is InChI=1S/C46H27N3O/c1-2-11-28(12-3-1)43-45-44(36-19-8-9-20-39(36)47-43)48-41-22-21-34(27-49(41)45)29-16-10-17-32(23-29)37-25-33-15-6-7-18-35(33)42-38-24-30-13-4-5-14-31(30)26-40(38)50-46(37)42/h1-27H. The van der Waals surface area contributed by atoms with E-state index in [9.17, 15) is 0 Å². The van der Waals surface area contributed by atoms with Crippen LogP contribution in [0.2, 0.25) is 0 Å². The van der Waals surface area contributed by atoms with Crippen molar-refractivity contribution in [1.29, 1.82) is 0 Å². The molecule has 0 saturated carbocycles. The SMILES string of the molecule is c1ccc(-c2nc3ccccc3c3nc4ccc(-c5cccc(-c6cc7ccccc7c7c6oc6cc8ccccc8cc67)c5)cn4c23)cc1. The summed E-state index contributed by atoms with van der Waals surface area (Å²) in [6, 6.07) is 55.6. The van der Waals surface area contributed by atoms with Crippen LogP contribution in [-0.2, 0) is 0 Å². The van der Waals surface area contributed by atoms with Crippen molar-refractivity contribution in [2.45, 2.75) is 0 Å². The molecule has 0 radical (unpaired) electrons. The van der Waals surface area contributed by atoms with Gasteiger partial charge in [-0.05, 0) is 80.7 Å². The summed E-state index contributed by atoms with van der Waals surface area (Å²) in [6.45, 7) is 0. The Labute approximate surface area is 286 Å². The van der Waals surface area contributed by atoms with E-state index in [1.165, 1.54) is 21.5 Å². The van der Waals surface area contributed by atoms with E-state index in [2.05, 4.69) is 156 Å². The molecule has 4 heteroatoms. The number of para-hydroxylation sites is 1. The first-order valence-corrected chi connectivity index (χ1v) is 16.9. The number of nitrogens with zero attached hydrogens (tertiary/aromatic N) is 3. The highest BCUT2D eigenvalue weighted by Crippen LogP contribution is 2.43. The van der Waals surface area contributed by atoms with Crippen LogP contribution in [0.4, 0.5) is 0 Å². The molecule has 0 fully saturated rings. The number of benzene rings is 7. The Bertz CT molecular complexity index is 3150. The van der Waals surface area contributed by atoms with Crippen molar-refractivity contribution in [3.63, 3.8) is 0 Å². The van der Waals surface area contributed by atoms with Gasteiger partial charge in [-0.2, -0.15) is 0 Å². The average Bonchev–Trinajstić information content (AvgIpc) is 3.75. The van der Waals surface area contributed by atoms with Gasteiger partial charge in [0.25, 0.3) is 0 Å². The first kappa shape index (κ1) is 27.2. The highest BCUT2D eigenvalue weighted by atomic mass is 16.3. The predicted octanol–water partition coefficient (Wildman–Crippen LogP) is 12.2. The summed E-state index contributed by atoms with van der Waals surface area (Å²) in [5.41, 5.74) is 12.0. The van der Waals surface area contributed by atoms with Crippen LogP contribution in [-0.4, -0.2) is 14.4 Å². The smallest absolute Gasteiger partial charge is 0.143 e. The fraction of sp³-hybridized carbons (Fsp3) is 0. The molecular weight excluding hydrogens is 611 g/mol. The molecule has 0 aliphatic heterocycles. The minimum Gasteiger partial charge on any atom is -0.455 e. The van der Waals surface area contributed by atoms with E-state index in [4.69, 9.17) is 14.4 Å². The van der Waals surface area contributed by atoms with Gasteiger partial charge in [0.15, 0.2) is 0 Å². The molecular formula is C46H27N3O. The van der Waals surface area contributed by atoms with Crippen LogP contribution in [0, 0.1) is 0 Å². The van der Waals surface area contributed by atoms with Crippen LogP contribution in [0.25, 0.3) is 105 Å². The number of hydrogen-bond acceptors (Lipinski definition) is 3. The number of hydrogen-bond donors (Lipinski definition) is 0. The van der Waals surface area contributed by atoms with Gasteiger partial charge in [0.05, 0.1) is 16.7 Å². The molecule has 232 valence electrons. The topological polar surface area (TPSA) is 43.3 Å². The molecule has 11 aromatic rings. The van der Waals surface area contributed by atoms with Crippen LogP contribution < -0.4 is 0 Å². The van der Waals surface area contributed by atoms with E-state index in [0.717, 1.165) is 83.0 Å². The molecule has 0 atom stereocenters. The second kappa shape index (κ2) is 10.4. The van der Waals surface area contributed by atoms with Crippen molar-refractivity contribution in [3.8, 4) is 33.5 Å². The lowest BCUT2D eigenvalue weighted by atomic mass is 9.94. The van der Waals surface area contributed by atoms with Gasteiger partial charge < -0.3 is 4.42 Å². The number of fused-ring (bicyclic) bond motifs is 11. The van der Waals surface area contributed by atoms with Crippen molar-refractivity contribution < 1.29 is 4.42 Å². The number of furan rings is 1. The van der Waals surface area contributed by atoms with Gasteiger partial charge in [0, 0.05) is 33.5 Å². The summed E-state index contributed by atoms with van der Waals surface area (Å²) < 4.78 is 8.97. The summed E-state index contributed by atoms with van der Waals surface area (Å²) in [7, 11) is 0. The molecule has 11 rings (SSSR count). The zero-order valence-electron chi connectivity index (χ0n) is 26.8. The molecule has 50 heavy (non-hydrogen) atoms. The van der Waals surface area contributed by atoms with E-state index in [1.807, 2.05) is 12.1 Å². The van der Waals surface area contributed by atoms with Crippen LogP contribution in [0.3, 0.4) is 0 Å². The van der Waals surface area contributed by atoms with Crippen molar-refractivity contribution in [3.05, 3.63) is 164 Å². The van der Waals surface area contributed by atoms with Gasteiger partial charge in [-0.3, -0.25) is 4.40 Å². The Balaban J connectivity index is 1.14. The lowest BCUT2D eigenvalue weighted by molar-refractivity contribution is 0.671. The van der Waals surface area contributed by atoms with E-state index in [0.29, 0.717) is 0 Å². The van der Waals surface area contributed by atoms with Gasteiger partial charge in [0.2, 0.25) is 0 Å². The lowest BCUT2D eigenvalue weighted by Crippen LogP contribution is -1.93. The summed E-state index contributed by atoms with van der Waals surface area (Å²) in [5.74, 6) is 0. The Morgan fingerprint density at radius 1 is 0.480 bits per heavy atom. The molecule has 0 N–H and O–H groups in total. The summed E-state index contributed by atoms with van der Waals surface area (Å²) >= 11 is 0. The van der Waals surface area contributed by atoms with Gasteiger partial charge >= 0.3 is 0 Å². The van der Waals surface area contributed by atoms with Crippen LogP contribution in [0.1, 0.15) is 0 Å². The van der Waals surface area contributed by atoms with E-state index in [-0.39, 0.29) is 0 Å². The summed E-state index contributed by atoms with van der Waals surface area (Å²) in [6.07, 6.45) is 2.20. The van der Waals surface area contributed by atoms with Crippen molar-refractivity contribution in [2.75, 3.05) is 0 Å². The molecule has 0 bridgehead atoms. The second-order valence-corrected chi connectivity index (χ2v) is 13.0. The molecule has 7 aromatic carbocycles. The van der Waals surface area contributed by atoms with E-state index in [1.54, 1.807) is 0 Å². The van der Waals surface area contributed by atoms with Crippen LogP contribution >= 0.6 is 0 Å². The van der Waals surface area contributed by atoms with E-state index >= 15 is 0 Å². The van der Waals surface area contributed by atoms with Crippen LogP contribution in [0.15, 0.2) is 168 Å². The zero-order valence-corrected chi connectivity index (χ0v) is 26.8. The molecule has 0 spiro atoms. The number of aromatic nitrogens is 3. The Kier molecular flexibility index (Phi) is 5.63. The summed E-state index contributed by atoms with van der Waals surface area (Å²) in [5, 5.41) is 8.12. The molecule has 4 heterocycles. The molecule has 0 saturated heterocycles. The first-order valence-electron chi connectivity index (χ1n) is 16.9. The van der Waals surface area contributed by atoms with Gasteiger partial charge in [-0.15, -0.1) is 0 Å². The van der Waals surface area contributed by atoms with E-state index < -0.39 is 0 Å². The molecule has 0 unspecified atom stereocenters. The lowest BCUT2D eigenvalue weighted by Gasteiger charge is -2.10. The molecule has 4 aromatic heterocycles. The quantitative estimate of drug-likeness (QED) is 0.194. The zero-order chi connectivity index (χ0) is 32.8. The highest BCUT2D eigenvalue weighted by Gasteiger charge is 2.19. The maximum atomic E-state index is 6.77. The molecule has 0 aliphatic carbocycles. The third-order valence-corrected chi connectivity index (χ3v) is 10.1. The maximum absolute atomic E-state index is 6.77. The largest absolute Gasteiger partial charge is 0.455 e. The fourth-order valence-corrected chi connectivity index (χ4v) is 7.76. The monoisotopic (exact) mass is 637 g/mol. The Morgan fingerprint density at radius 2 is 1.20 bits per heavy atom. The maximum Gasteiger partial charge on any atom is 0.143 e. The fourth-order valence-electron chi connectivity index (χ4n) is 7.76. The third kappa shape index (κ3) is 3.99. The first-order chi connectivity index (χ1) is 24.8. The Morgan fingerprint density at radius 3 is 2.08 bits per heavy atom. The molecule has 0 aliphatic rings. The predicted molar refractivity (Wildman–Crippen MR) is 207 cm³/mol.